The summed E-state index contributed by atoms with van der Waals surface area (Å²) in [5.41, 5.74) is 3.78. The van der Waals surface area contributed by atoms with Crippen molar-refractivity contribution < 1.29 is 24.2 Å². The average molecular weight is 485 g/mol. The van der Waals surface area contributed by atoms with Gasteiger partial charge in [-0.25, -0.2) is 9.79 Å². The second kappa shape index (κ2) is 10.1. The number of aromatic amines is 1. The van der Waals surface area contributed by atoms with E-state index in [4.69, 9.17) is 14.5 Å². The van der Waals surface area contributed by atoms with Crippen LogP contribution in [-0.2, 0) is 20.7 Å². The maximum Gasteiger partial charge on any atom is 0.337 e. The van der Waals surface area contributed by atoms with Gasteiger partial charge in [-0.1, -0.05) is 48.5 Å². The molecule has 3 aromatic carbocycles. The van der Waals surface area contributed by atoms with Crippen LogP contribution in [0.1, 0.15) is 47.8 Å². The molecule has 0 saturated heterocycles. The first kappa shape index (κ1) is 24.7. The third kappa shape index (κ3) is 5.63. The maximum atomic E-state index is 12.2. The molecule has 7 nitrogen and oxygen atoms in total. The van der Waals surface area contributed by atoms with E-state index in [-0.39, 0.29) is 18.3 Å². The highest BCUT2D eigenvalue weighted by atomic mass is 16.6. The van der Waals surface area contributed by atoms with Gasteiger partial charge in [-0.15, -0.1) is 0 Å². The summed E-state index contributed by atoms with van der Waals surface area (Å²) in [6.07, 6.45) is 0.165. The monoisotopic (exact) mass is 484 g/mol. The van der Waals surface area contributed by atoms with Crippen molar-refractivity contribution in [3.05, 3.63) is 95.1 Å². The Morgan fingerprint density at radius 2 is 1.64 bits per heavy atom. The number of nitrogens with one attached hydrogen (secondary N) is 1. The lowest BCUT2D eigenvalue weighted by molar-refractivity contribution is -0.153. The predicted molar refractivity (Wildman–Crippen MR) is 139 cm³/mol. The van der Waals surface area contributed by atoms with Crippen molar-refractivity contribution in [3.63, 3.8) is 0 Å². The van der Waals surface area contributed by atoms with Crippen molar-refractivity contribution in [1.82, 2.24) is 4.98 Å². The molecule has 0 radical (unpaired) electrons. The summed E-state index contributed by atoms with van der Waals surface area (Å²) < 4.78 is 10.2. The van der Waals surface area contributed by atoms with E-state index < -0.39 is 11.6 Å². The molecule has 0 aliphatic heterocycles. The number of benzene rings is 3. The maximum absolute atomic E-state index is 12.2. The number of methoxy groups -OCH3 is 1. The summed E-state index contributed by atoms with van der Waals surface area (Å²) in [6, 6.07) is 21.9. The Labute approximate surface area is 209 Å². The second-order valence-corrected chi connectivity index (χ2v) is 9.36. The number of ether oxygens (including phenoxy) is 2. The molecule has 0 spiro atoms. The minimum absolute atomic E-state index is 0.0591. The fourth-order valence-electron chi connectivity index (χ4n) is 3.89. The van der Waals surface area contributed by atoms with Gasteiger partial charge in [-0.2, -0.15) is 0 Å². The molecule has 0 unspecified atom stereocenters. The Balaban J connectivity index is 1.73. The summed E-state index contributed by atoms with van der Waals surface area (Å²) in [4.78, 5) is 31.9. The van der Waals surface area contributed by atoms with Crippen LogP contribution in [0.15, 0.2) is 77.8 Å². The molecule has 0 bridgehead atoms. The third-order valence-corrected chi connectivity index (χ3v) is 5.43. The van der Waals surface area contributed by atoms with Crippen molar-refractivity contribution in [3.8, 4) is 5.88 Å². The van der Waals surface area contributed by atoms with E-state index in [1.54, 1.807) is 18.2 Å². The van der Waals surface area contributed by atoms with E-state index in [0.717, 1.165) is 11.1 Å². The number of esters is 2. The van der Waals surface area contributed by atoms with Crippen molar-refractivity contribution in [1.29, 1.82) is 0 Å². The van der Waals surface area contributed by atoms with Crippen molar-refractivity contribution in [2.75, 3.05) is 7.11 Å². The van der Waals surface area contributed by atoms with Crippen LogP contribution in [0.4, 0.5) is 5.69 Å². The molecule has 0 saturated carbocycles. The van der Waals surface area contributed by atoms with Gasteiger partial charge in [0.25, 0.3) is 0 Å². The highest BCUT2D eigenvalue weighted by molar-refractivity contribution is 6.22. The molecule has 0 amide bonds. The van der Waals surface area contributed by atoms with E-state index >= 15 is 0 Å². The van der Waals surface area contributed by atoms with E-state index in [2.05, 4.69) is 4.98 Å². The number of fused-ring (bicyclic) bond motifs is 1. The number of nitrogens with zero attached hydrogens (tertiary/aromatic N) is 1. The van der Waals surface area contributed by atoms with E-state index in [0.29, 0.717) is 33.4 Å². The second-order valence-electron chi connectivity index (χ2n) is 9.36. The molecule has 4 rings (SSSR count). The first-order valence-electron chi connectivity index (χ1n) is 11.5. The smallest absolute Gasteiger partial charge is 0.337 e. The van der Waals surface area contributed by atoms with Crippen molar-refractivity contribution in [2.24, 2.45) is 4.99 Å². The van der Waals surface area contributed by atoms with Gasteiger partial charge < -0.3 is 19.6 Å². The molecule has 1 aromatic heterocycles. The Hall–Kier alpha value is -4.39. The van der Waals surface area contributed by atoms with Crippen LogP contribution < -0.4 is 0 Å². The largest absolute Gasteiger partial charge is 0.494 e. The summed E-state index contributed by atoms with van der Waals surface area (Å²) in [5.74, 6) is -0.814. The fourth-order valence-corrected chi connectivity index (χ4v) is 3.89. The van der Waals surface area contributed by atoms with Gasteiger partial charge in [0.2, 0.25) is 0 Å². The van der Waals surface area contributed by atoms with Gasteiger partial charge in [0, 0.05) is 16.5 Å². The van der Waals surface area contributed by atoms with Crippen LogP contribution in [0.3, 0.4) is 0 Å². The van der Waals surface area contributed by atoms with E-state index in [1.165, 1.54) is 7.11 Å². The number of aliphatic imine (C=N–C) groups is 1. The Morgan fingerprint density at radius 3 is 2.28 bits per heavy atom. The zero-order chi connectivity index (χ0) is 25.9. The zero-order valence-electron chi connectivity index (χ0n) is 20.7. The molecule has 36 heavy (non-hydrogen) atoms. The van der Waals surface area contributed by atoms with Crippen LogP contribution in [0.25, 0.3) is 10.9 Å². The number of carbonyl (C=O) groups excluding carboxylic acids is 2. The van der Waals surface area contributed by atoms with Crippen molar-refractivity contribution in [2.45, 2.75) is 32.8 Å². The van der Waals surface area contributed by atoms with Crippen LogP contribution in [-0.4, -0.2) is 40.5 Å². The highest BCUT2D eigenvalue weighted by Gasteiger charge is 2.20. The van der Waals surface area contributed by atoms with Gasteiger partial charge in [-0.3, -0.25) is 4.79 Å². The van der Waals surface area contributed by atoms with Crippen LogP contribution in [0, 0.1) is 0 Å². The summed E-state index contributed by atoms with van der Waals surface area (Å²) in [5, 5.41) is 11.6. The van der Waals surface area contributed by atoms with Crippen molar-refractivity contribution >= 4 is 34.2 Å². The van der Waals surface area contributed by atoms with Gasteiger partial charge in [0.15, 0.2) is 5.88 Å². The molecule has 1 heterocycles. The first-order chi connectivity index (χ1) is 17.1. The Morgan fingerprint density at radius 1 is 0.944 bits per heavy atom. The fraction of sp³-hybridized carbons (Fsp3) is 0.207. The minimum atomic E-state index is -0.537. The molecule has 184 valence electrons. The van der Waals surface area contributed by atoms with Crippen LogP contribution >= 0.6 is 0 Å². The molecular formula is C29H28N2O5. The standard InChI is InChI=1S/C29H28N2O5/c1-29(2,3)36-24(32)16-18-10-13-21(14-11-18)30-26(19-8-6-5-7-9-19)25-22-15-12-20(28(34)35-4)17-23(22)31-27(25)33/h5-15,17,31,33H,16H2,1-4H3. The average Bonchev–Trinajstić information content (AvgIpc) is 3.17. The molecule has 0 aliphatic rings. The molecule has 0 aliphatic carbocycles. The number of carbonyl (C=O) groups is 2. The summed E-state index contributed by atoms with van der Waals surface area (Å²) in [6.45, 7) is 5.51. The van der Waals surface area contributed by atoms with E-state index in [1.807, 2.05) is 75.4 Å². The molecule has 4 aromatic rings. The number of aromatic nitrogens is 1. The number of hydrogen-bond donors (Lipinski definition) is 2. The zero-order valence-corrected chi connectivity index (χ0v) is 20.7. The van der Waals surface area contributed by atoms with Gasteiger partial charge in [0.05, 0.1) is 36.1 Å². The topological polar surface area (TPSA) is 101 Å². The molecular weight excluding hydrogens is 456 g/mol. The summed E-state index contributed by atoms with van der Waals surface area (Å²) in [7, 11) is 1.32. The number of rotatable bonds is 6. The Bertz CT molecular complexity index is 1430. The lowest BCUT2D eigenvalue weighted by atomic mass is 10.00. The normalized spacial score (nSPS) is 11.9. The number of H-pyrrole nitrogens is 1. The van der Waals surface area contributed by atoms with Crippen LogP contribution in [0.2, 0.25) is 0 Å². The lowest BCUT2D eigenvalue weighted by Crippen LogP contribution is -2.24. The predicted octanol–water partition coefficient (Wildman–Crippen LogP) is 5.71. The first-order valence-corrected chi connectivity index (χ1v) is 11.5. The molecule has 7 heteroatoms. The third-order valence-electron chi connectivity index (χ3n) is 5.43. The quantitative estimate of drug-likeness (QED) is 0.270. The SMILES string of the molecule is COC(=O)c1ccc2c(C(=Nc3ccc(CC(=O)OC(C)(C)C)cc3)c3ccccc3)c(O)[nH]c2c1. The highest BCUT2D eigenvalue weighted by Crippen LogP contribution is 2.32. The molecule has 0 atom stereocenters. The van der Waals surface area contributed by atoms with Crippen LogP contribution in [0.5, 0.6) is 5.88 Å². The minimum Gasteiger partial charge on any atom is -0.494 e. The number of aromatic hydroxyl groups is 1. The summed E-state index contributed by atoms with van der Waals surface area (Å²) >= 11 is 0. The van der Waals surface area contributed by atoms with Gasteiger partial charge in [0.1, 0.15) is 5.60 Å². The molecule has 0 fully saturated rings. The lowest BCUT2D eigenvalue weighted by Gasteiger charge is -2.19. The molecule has 2 N–H and O–H groups in total. The van der Waals surface area contributed by atoms with Gasteiger partial charge >= 0.3 is 11.9 Å². The Kier molecular flexibility index (Phi) is 6.92. The van der Waals surface area contributed by atoms with E-state index in [9.17, 15) is 14.7 Å². The number of hydrogen-bond acceptors (Lipinski definition) is 6. The van der Waals surface area contributed by atoms with Gasteiger partial charge in [-0.05, 0) is 50.6 Å².